The number of aliphatic carboxylic acids is 1. The summed E-state index contributed by atoms with van der Waals surface area (Å²) in [5.41, 5.74) is 3.39. The standard InChI is InChI=1S/C23H20O4S/c24-17-8-11-19-21(12-17)27-13-20(15-4-2-1-3-5-15)23(19)16-6-9-18(10-7-16)28-14-22(25)26/h1-12,20,23-24H,13-14H2,(H,25,26). The van der Waals surface area contributed by atoms with Gasteiger partial charge in [0.25, 0.3) is 0 Å². The Morgan fingerprint density at radius 1 is 1.00 bits per heavy atom. The van der Waals surface area contributed by atoms with Gasteiger partial charge in [-0.05, 0) is 29.3 Å². The van der Waals surface area contributed by atoms with Gasteiger partial charge in [-0.2, -0.15) is 0 Å². The maximum absolute atomic E-state index is 10.8. The second-order valence-electron chi connectivity index (χ2n) is 6.78. The van der Waals surface area contributed by atoms with Crippen LogP contribution in [0.15, 0.2) is 77.7 Å². The van der Waals surface area contributed by atoms with Crippen LogP contribution >= 0.6 is 11.8 Å². The summed E-state index contributed by atoms with van der Waals surface area (Å²) in [6.45, 7) is 0.528. The van der Waals surface area contributed by atoms with E-state index in [1.807, 2.05) is 36.4 Å². The van der Waals surface area contributed by atoms with E-state index in [2.05, 4.69) is 24.3 Å². The van der Waals surface area contributed by atoms with Gasteiger partial charge in [-0.25, -0.2) is 0 Å². The van der Waals surface area contributed by atoms with E-state index in [1.54, 1.807) is 12.1 Å². The molecule has 0 bridgehead atoms. The minimum Gasteiger partial charge on any atom is -0.508 e. The van der Waals surface area contributed by atoms with Gasteiger partial charge in [-0.3, -0.25) is 4.79 Å². The first-order valence-electron chi connectivity index (χ1n) is 9.07. The van der Waals surface area contributed by atoms with Crippen LogP contribution in [-0.4, -0.2) is 28.5 Å². The molecule has 4 nitrogen and oxygen atoms in total. The molecule has 3 aromatic carbocycles. The summed E-state index contributed by atoms with van der Waals surface area (Å²) >= 11 is 1.31. The number of benzene rings is 3. The predicted molar refractivity (Wildman–Crippen MR) is 109 cm³/mol. The van der Waals surface area contributed by atoms with Crippen molar-refractivity contribution in [2.75, 3.05) is 12.4 Å². The number of hydrogen-bond donors (Lipinski definition) is 2. The summed E-state index contributed by atoms with van der Waals surface area (Å²) in [6.07, 6.45) is 0. The molecular formula is C23H20O4S. The van der Waals surface area contributed by atoms with Crippen molar-refractivity contribution in [2.45, 2.75) is 16.7 Å². The second-order valence-corrected chi connectivity index (χ2v) is 7.83. The van der Waals surface area contributed by atoms with Gasteiger partial charge in [0.1, 0.15) is 11.5 Å². The number of carboxylic acid groups (broad SMARTS) is 1. The largest absolute Gasteiger partial charge is 0.508 e. The molecule has 0 saturated heterocycles. The zero-order chi connectivity index (χ0) is 19.5. The molecule has 2 atom stereocenters. The highest BCUT2D eigenvalue weighted by molar-refractivity contribution is 8.00. The zero-order valence-corrected chi connectivity index (χ0v) is 15.9. The van der Waals surface area contributed by atoms with Gasteiger partial charge in [0.15, 0.2) is 0 Å². The van der Waals surface area contributed by atoms with Gasteiger partial charge >= 0.3 is 5.97 Å². The third kappa shape index (κ3) is 3.85. The number of thioether (sulfide) groups is 1. The Balaban J connectivity index is 1.72. The molecule has 0 radical (unpaired) electrons. The minimum absolute atomic E-state index is 0.0470. The van der Waals surface area contributed by atoms with Crippen LogP contribution in [-0.2, 0) is 4.79 Å². The molecule has 1 aliphatic rings. The van der Waals surface area contributed by atoms with Crippen LogP contribution in [0.25, 0.3) is 0 Å². The van der Waals surface area contributed by atoms with Crippen molar-refractivity contribution in [3.05, 3.63) is 89.5 Å². The number of phenols is 1. The topological polar surface area (TPSA) is 66.8 Å². The van der Waals surface area contributed by atoms with Gasteiger partial charge in [-0.1, -0.05) is 48.5 Å². The quantitative estimate of drug-likeness (QED) is 0.606. The number of rotatable bonds is 5. The molecule has 0 saturated carbocycles. The molecule has 142 valence electrons. The molecule has 3 aromatic rings. The van der Waals surface area contributed by atoms with Crippen LogP contribution in [0.1, 0.15) is 28.5 Å². The highest BCUT2D eigenvalue weighted by Crippen LogP contribution is 2.47. The van der Waals surface area contributed by atoms with Crippen LogP contribution < -0.4 is 4.74 Å². The Kier molecular flexibility index (Phi) is 5.26. The van der Waals surface area contributed by atoms with E-state index in [1.165, 1.54) is 17.3 Å². The van der Waals surface area contributed by atoms with Gasteiger partial charge in [-0.15, -0.1) is 11.8 Å². The van der Waals surface area contributed by atoms with E-state index in [0.717, 1.165) is 16.0 Å². The van der Waals surface area contributed by atoms with Crippen molar-refractivity contribution in [3.8, 4) is 11.5 Å². The molecule has 0 aliphatic carbocycles. The molecule has 0 spiro atoms. The summed E-state index contributed by atoms with van der Waals surface area (Å²) in [4.78, 5) is 11.7. The summed E-state index contributed by atoms with van der Waals surface area (Å²) in [5, 5.41) is 18.7. The number of ether oxygens (including phenoxy) is 1. The van der Waals surface area contributed by atoms with Crippen LogP contribution in [0.2, 0.25) is 0 Å². The Morgan fingerprint density at radius 3 is 2.46 bits per heavy atom. The highest BCUT2D eigenvalue weighted by Gasteiger charge is 2.33. The van der Waals surface area contributed by atoms with Crippen LogP contribution in [0.5, 0.6) is 11.5 Å². The van der Waals surface area contributed by atoms with Gasteiger partial charge in [0.05, 0.1) is 12.4 Å². The number of hydrogen-bond acceptors (Lipinski definition) is 4. The number of carboxylic acids is 1. The SMILES string of the molecule is O=C(O)CSc1ccc(C2c3ccc(O)cc3OCC2c2ccccc2)cc1. The minimum atomic E-state index is -0.823. The summed E-state index contributed by atoms with van der Waals surface area (Å²) < 4.78 is 5.98. The average Bonchev–Trinajstić information content (AvgIpc) is 2.72. The van der Waals surface area contributed by atoms with E-state index in [4.69, 9.17) is 9.84 Å². The van der Waals surface area contributed by atoms with E-state index in [0.29, 0.717) is 12.4 Å². The average molecular weight is 392 g/mol. The molecule has 4 rings (SSSR count). The van der Waals surface area contributed by atoms with Gasteiger partial charge in [0, 0.05) is 28.4 Å². The first kappa shape index (κ1) is 18.4. The second kappa shape index (κ2) is 7.98. The summed E-state index contributed by atoms with van der Waals surface area (Å²) in [5.74, 6) is 0.362. The molecule has 5 heteroatoms. The smallest absolute Gasteiger partial charge is 0.313 e. The summed E-state index contributed by atoms with van der Waals surface area (Å²) in [7, 11) is 0. The third-order valence-corrected chi connectivity index (χ3v) is 5.98. The van der Waals surface area contributed by atoms with Gasteiger partial charge in [0.2, 0.25) is 0 Å². The Labute approximate surface area is 167 Å². The molecule has 0 amide bonds. The molecular weight excluding hydrogens is 372 g/mol. The lowest BCUT2D eigenvalue weighted by atomic mass is 9.76. The van der Waals surface area contributed by atoms with E-state index in [9.17, 15) is 9.90 Å². The Hall–Kier alpha value is -2.92. The molecule has 0 fully saturated rings. The first-order chi connectivity index (χ1) is 13.6. The van der Waals surface area contributed by atoms with Crippen molar-refractivity contribution in [1.82, 2.24) is 0 Å². The molecule has 2 N–H and O–H groups in total. The highest BCUT2D eigenvalue weighted by atomic mass is 32.2. The zero-order valence-electron chi connectivity index (χ0n) is 15.1. The molecule has 1 aliphatic heterocycles. The van der Waals surface area contributed by atoms with Crippen molar-refractivity contribution in [2.24, 2.45) is 0 Å². The van der Waals surface area contributed by atoms with Gasteiger partial charge < -0.3 is 14.9 Å². The Bertz CT molecular complexity index is 970. The number of carbonyl (C=O) groups is 1. The monoisotopic (exact) mass is 392 g/mol. The fraction of sp³-hybridized carbons (Fsp3) is 0.174. The summed E-state index contributed by atoms with van der Waals surface area (Å²) in [6, 6.07) is 23.7. The van der Waals surface area contributed by atoms with E-state index >= 15 is 0 Å². The fourth-order valence-electron chi connectivity index (χ4n) is 3.71. The van der Waals surface area contributed by atoms with Crippen molar-refractivity contribution >= 4 is 17.7 Å². The molecule has 1 heterocycles. The lowest BCUT2D eigenvalue weighted by Gasteiger charge is -2.34. The Morgan fingerprint density at radius 2 is 1.75 bits per heavy atom. The third-order valence-electron chi connectivity index (χ3n) is 4.98. The van der Waals surface area contributed by atoms with Crippen molar-refractivity contribution in [1.29, 1.82) is 0 Å². The van der Waals surface area contributed by atoms with Crippen LogP contribution in [0.4, 0.5) is 0 Å². The van der Waals surface area contributed by atoms with E-state index in [-0.39, 0.29) is 23.3 Å². The lowest BCUT2D eigenvalue weighted by molar-refractivity contribution is -0.133. The predicted octanol–water partition coefficient (Wildman–Crippen LogP) is 4.88. The van der Waals surface area contributed by atoms with E-state index < -0.39 is 5.97 Å². The normalized spacial score (nSPS) is 18.1. The van der Waals surface area contributed by atoms with Crippen LogP contribution in [0.3, 0.4) is 0 Å². The first-order valence-corrected chi connectivity index (χ1v) is 10.1. The maximum atomic E-state index is 10.8. The molecule has 28 heavy (non-hydrogen) atoms. The number of phenolic OH excluding ortho intramolecular Hbond substituents is 1. The van der Waals surface area contributed by atoms with Crippen molar-refractivity contribution in [3.63, 3.8) is 0 Å². The molecule has 2 unspecified atom stereocenters. The maximum Gasteiger partial charge on any atom is 0.313 e. The molecule has 0 aromatic heterocycles. The lowest BCUT2D eigenvalue weighted by Crippen LogP contribution is -2.25. The number of aromatic hydroxyl groups is 1. The number of fused-ring (bicyclic) bond motifs is 1. The fourth-order valence-corrected chi connectivity index (χ4v) is 4.33. The van der Waals surface area contributed by atoms with Crippen LogP contribution in [0, 0.1) is 0 Å². The van der Waals surface area contributed by atoms with Crippen molar-refractivity contribution < 1.29 is 19.7 Å².